The molecule has 0 aromatic heterocycles. The van der Waals surface area contributed by atoms with Crippen LogP contribution in [0, 0.1) is 5.41 Å². The lowest BCUT2D eigenvalue weighted by Gasteiger charge is -2.45. The van der Waals surface area contributed by atoms with Crippen LogP contribution in [-0.4, -0.2) is 60.1 Å². The first kappa shape index (κ1) is 16.3. The highest BCUT2D eigenvalue weighted by Crippen LogP contribution is 2.27. The average Bonchev–Trinajstić information content (AvgIpc) is 2.73. The molecule has 0 aromatic rings. The number of nitrogens with one attached hydrogen (secondary N) is 1. The monoisotopic (exact) mass is 281 g/mol. The van der Waals surface area contributed by atoms with Crippen molar-refractivity contribution in [2.24, 2.45) is 5.41 Å². The number of fused-ring (bicyclic) bond motifs is 1. The first-order valence-electron chi connectivity index (χ1n) is 8.39. The summed E-state index contributed by atoms with van der Waals surface area (Å²) in [5.41, 5.74) is 0.551. The zero-order valence-corrected chi connectivity index (χ0v) is 14.5. The molecule has 3 nitrogen and oxygen atoms in total. The average molecular weight is 281 g/mol. The Balaban J connectivity index is 1.87. The van der Waals surface area contributed by atoms with Crippen molar-refractivity contribution in [2.45, 2.75) is 72.0 Å². The molecule has 0 amide bonds. The molecule has 0 bridgehead atoms. The summed E-state index contributed by atoms with van der Waals surface area (Å²) in [6, 6.07) is 1.54. The summed E-state index contributed by atoms with van der Waals surface area (Å²) in [6.45, 7) is 20.1. The Labute approximate surface area is 126 Å². The van der Waals surface area contributed by atoms with Crippen molar-refractivity contribution < 1.29 is 0 Å². The Hall–Kier alpha value is -0.120. The van der Waals surface area contributed by atoms with Gasteiger partial charge in [0.15, 0.2) is 0 Å². The van der Waals surface area contributed by atoms with Crippen molar-refractivity contribution in [3.8, 4) is 0 Å². The molecule has 0 aromatic carbocycles. The molecule has 0 aliphatic carbocycles. The van der Waals surface area contributed by atoms with Gasteiger partial charge in [-0.2, -0.15) is 0 Å². The molecule has 2 aliphatic heterocycles. The van der Waals surface area contributed by atoms with Gasteiger partial charge in [-0.1, -0.05) is 13.8 Å². The van der Waals surface area contributed by atoms with Crippen LogP contribution in [0.5, 0.6) is 0 Å². The fourth-order valence-electron chi connectivity index (χ4n) is 3.58. The fraction of sp³-hybridized carbons (Fsp3) is 1.00. The standard InChI is InChI=1S/C17H35N3/c1-14-10-19-9-7-8-15(19)11-20(14)13-17(5,6)12-18-16(2,3)4/h14-15,18H,7-13H2,1-6H3. The van der Waals surface area contributed by atoms with Gasteiger partial charge in [-0.05, 0) is 52.5 Å². The summed E-state index contributed by atoms with van der Waals surface area (Å²) in [4.78, 5) is 5.44. The van der Waals surface area contributed by atoms with Gasteiger partial charge in [-0.3, -0.25) is 9.80 Å². The van der Waals surface area contributed by atoms with E-state index in [9.17, 15) is 0 Å². The van der Waals surface area contributed by atoms with E-state index in [1.165, 1.54) is 39.0 Å². The van der Waals surface area contributed by atoms with E-state index in [1.807, 2.05) is 0 Å². The van der Waals surface area contributed by atoms with Gasteiger partial charge in [-0.25, -0.2) is 0 Å². The Morgan fingerprint density at radius 1 is 1.10 bits per heavy atom. The van der Waals surface area contributed by atoms with E-state index in [0.29, 0.717) is 11.5 Å². The second-order valence-corrected chi connectivity index (χ2v) is 8.84. The molecule has 0 radical (unpaired) electrons. The van der Waals surface area contributed by atoms with Crippen LogP contribution < -0.4 is 5.32 Å². The van der Waals surface area contributed by atoms with Crippen LogP contribution in [0.3, 0.4) is 0 Å². The topological polar surface area (TPSA) is 18.5 Å². The van der Waals surface area contributed by atoms with E-state index in [4.69, 9.17) is 0 Å². The van der Waals surface area contributed by atoms with E-state index in [2.05, 4.69) is 56.7 Å². The fourth-order valence-corrected chi connectivity index (χ4v) is 3.58. The minimum atomic E-state index is 0.215. The van der Waals surface area contributed by atoms with E-state index >= 15 is 0 Å². The molecule has 20 heavy (non-hydrogen) atoms. The molecule has 2 heterocycles. The summed E-state index contributed by atoms with van der Waals surface area (Å²) in [5, 5.41) is 3.68. The molecule has 118 valence electrons. The van der Waals surface area contributed by atoms with Crippen molar-refractivity contribution in [1.29, 1.82) is 0 Å². The number of piperazine rings is 1. The summed E-state index contributed by atoms with van der Waals surface area (Å²) < 4.78 is 0. The predicted molar refractivity (Wildman–Crippen MR) is 87.2 cm³/mol. The second kappa shape index (κ2) is 5.94. The van der Waals surface area contributed by atoms with Crippen LogP contribution in [0.25, 0.3) is 0 Å². The molecule has 2 atom stereocenters. The van der Waals surface area contributed by atoms with E-state index in [1.54, 1.807) is 0 Å². The molecule has 2 saturated heterocycles. The molecule has 3 heteroatoms. The Morgan fingerprint density at radius 2 is 1.80 bits per heavy atom. The van der Waals surface area contributed by atoms with Crippen molar-refractivity contribution in [2.75, 3.05) is 32.7 Å². The second-order valence-electron chi connectivity index (χ2n) is 8.84. The van der Waals surface area contributed by atoms with Gasteiger partial charge in [0, 0.05) is 43.8 Å². The molecule has 0 saturated carbocycles. The Morgan fingerprint density at radius 3 is 2.45 bits per heavy atom. The van der Waals surface area contributed by atoms with Crippen LogP contribution >= 0.6 is 0 Å². The van der Waals surface area contributed by atoms with Crippen LogP contribution in [0.1, 0.15) is 54.4 Å². The molecule has 1 N–H and O–H groups in total. The first-order chi connectivity index (χ1) is 9.16. The summed E-state index contributed by atoms with van der Waals surface area (Å²) in [5.74, 6) is 0. The molecule has 2 unspecified atom stereocenters. The summed E-state index contributed by atoms with van der Waals surface area (Å²) in [7, 11) is 0. The minimum Gasteiger partial charge on any atom is -0.311 e. The predicted octanol–water partition coefficient (Wildman–Crippen LogP) is 2.57. The molecular weight excluding hydrogens is 246 g/mol. The van der Waals surface area contributed by atoms with Crippen LogP contribution in [0.2, 0.25) is 0 Å². The number of nitrogens with zero attached hydrogens (tertiary/aromatic N) is 2. The molecule has 2 fully saturated rings. The van der Waals surface area contributed by atoms with Crippen molar-refractivity contribution in [1.82, 2.24) is 15.1 Å². The number of rotatable bonds is 4. The van der Waals surface area contributed by atoms with E-state index < -0.39 is 0 Å². The highest BCUT2D eigenvalue weighted by Gasteiger charge is 2.36. The lowest BCUT2D eigenvalue weighted by atomic mass is 9.90. The third-order valence-electron chi connectivity index (χ3n) is 4.79. The van der Waals surface area contributed by atoms with Gasteiger partial charge in [-0.15, -0.1) is 0 Å². The smallest absolute Gasteiger partial charge is 0.0224 e. The minimum absolute atomic E-state index is 0.215. The van der Waals surface area contributed by atoms with Crippen molar-refractivity contribution >= 4 is 0 Å². The van der Waals surface area contributed by atoms with E-state index in [0.717, 1.165) is 12.6 Å². The van der Waals surface area contributed by atoms with Crippen LogP contribution in [0.15, 0.2) is 0 Å². The largest absolute Gasteiger partial charge is 0.311 e. The quantitative estimate of drug-likeness (QED) is 0.854. The van der Waals surface area contributed by atoms with Gasteiger partial charge in [0.05, 0.1) is 0 Å². The van der Waals surface area contributed by atoms with Crippen molar-refractivity contribution in [3.05, 3.63) is 0 Å². The Bertz CT molecular complexity index is 319. The van der Waals surface area contributed by atoms with Gasteiger partial charge in [0.2, 0.25) is 0 Å². The normalized spacial score (nSPS) is 29.7. The zero-order chi connectivity index (χ0) is 15.0. The van der Waals surface area contributed by atoms with Gasteiger partial charge < -0.3 is 5.32 Å². The zero-order valence-electron chi connectivity index (χ0n) is 14.5. The lowest BCUT2D eigenvalue weighted by molar-refractivity contribution is 0.0323. The summed E-state index contributed by atoms with van der Waals surface area (Å²) >= 11 is 0. The third kappa shape index (κ3) is 4.44. The van der Waals surface area contributed by atoms with E-state index in [-0.39, 0.29) is 5.54 Å². The third-order valence-corrected chi connectivity index (χ3v) is 4.79. The lowest BCUT2D eigenvalue weighted by Crippen LogP contribution is -2.57. The first-order valence-corrected chi connectivity index (χ1v) is 8.39. The maximum Gasteiger partial charge on any atom is 0.0224 e. The van der Waals surface area contributed by atoms with Crippen molar-refractivity contribution in [3.63, 3.8) is 0 Å². The van der Waals surface area contributed by atoms with Crippen LogP contribution in [0.4, 0.5) is 0 Å². The maximum absolute atomic E-state index is 3.68. The van der Waals surface area contributed by atoms with Crippen LogP contribution in [-0.2, 0) is 0 Å². The molecular formula is C17H35N3. The van der Waals surface area contributed by atoms with Gasteiger partial charge in [0.1, 0.15) is 0 Å². The highest BCUT2D eigenvalue weighted by atomic mass is 15.3. The SMILES string of the molecule is CC1CN2CCCC2CN1CC(C)(C)CNC(C)(C)C. The van der Waals surface area contributed by atoms with Gasteiger partial charge in [0.25, 0.3) is 0 Å². The molecule has 0 spiro atoms. The number of hydrogen-bond donors (Lipinski definition) is 1. The maximum atomic E-state index is 3.68. The Kier molecular flexibility index (Phi) is 4.83. The number of hydrogen-bond acceptors (Lipinski definition) is 3. The molecule has 2 aliphatic rings. The molecule has 2 rings (SSSR count). The highest BCUT2D eigenvalue weighted by molar-refractivity contribution is 4.92. The van der Waals surface area contributed by atoms with Gasteiger partial charge >= 0.3 is 0 Å². The summed E-state index contributed by atoms with van der Waals surface area (Å²) in [6.07, 6.45) is 2.81.